The molecule has 3 heteroatoms. The summed E-state index contributed by atoms with van der Waals surface area (Å²) in [5.41, 5.74) is 1.68. The maximum Gasteiger partial charge on any atom is 0.258 e. The van der Waals surface area contributed by atoms with E-state index >= 15 is 0 Å². The predicted octanol–water partition coefficient (Wildman–Crippen LogP) is 3.44. The summed E-state index contributed by atoms with van der Waals surface area (Å²) in [6.07, 6.45) is 0. The van der Waals surface area contributed by atoms with Gasteiger partial charge in [0, 0.05) is 13.0 Å². The molecule has 100 valence electrons. The molecule has 2 rings (SSSR count). The van der Waals surface area contributed by atoms with Gasteiger partial charge in [0.1, 0.15) is 7.05 Å². The summed E-state index contributed by atoms with van der Waals surface area (Å²) in [6.45, 7) is 9.95. The third-order valence-corrected chi connectivity index (χ3v) is 2.53. The van der Waals surface area contributed by atoms with Crippen LogP contribution in [0.15, 0.2) is 24.3 Å². The fourth-order valence-electron chi connectivity index (χ4n) is 1.57. The number of aromatic hydroxyl groups is 2. The van der Waals surface area contributed by atoms with E-state index in [1.807, 2.05) is 58.4 Å². The molecule has 0 aliphatic carbocycles. The van der Waals surface area contributed by atoms with Crippen LogP contribution in [0.1, 0.15) is 33.4 Å². The lowest BCUT2D eigenvalue weighted by Crippen LogP contribution is -2.32. The minimum Gasteiger partial charge on any atom is -0.504 e. The largest absolute Gasteiger partial charge is 0.504 e. The molecule has 18 heavy (non-hydrogen) atoms. The van der Waals surface area contributed by atoms with Gasteiger partial charge in [-0.3, -0.25) is 0 Å². The van der Waals surface area contributed by atoms with E-state index in [4.69, 9.17) is 0 Å². The number of hydrogen-bond donors (Lipinski definition) is 2. The van der Waals surface area contributed by atoms with Gasteiger partial charge in [0.05, 0.1) is 5.39 Å². The minimum absolute atomic E-state index is 0.0614. The van der Waals surface area contributed by atoms with E-state index in [0.29, 0.717) is 5.52 Å². The Morgan fingerprint density at radius 3 is 1.94 bits per heavy atom. The molecule has 0 aliphatic heterocycles. The Morgan fingerprint density at radius 2 is 1.39 bits per heavy atom. The molecule has 2 N–H and O–H groups in total. The first kappa shape index (κ1) is 16.2. The van der Waals surface area contributed by atoms with Crippen molar-refractivity contribution < 1.29 is 14.8 Å². The lowest BCUT2D eigenvalue weighted by molar-refractivity contribution is -0.651. The van der Waals surface area contributed by atoms with Crippen molar-refractivity contribution >= 4 is 10.9 Å². The molecular formula is C15H24NO2+. The molecule has 1 heterocycles. The highest BCUT2D eigenvalue weighted by Crippen LogP contribution is 2.30. The van der Waals surface area contributed by atoms with Crippen LogP contribution < -0.4 is 4.57 Å². The molecule has 3 nitrogen and oxygen atoms in total. The minimum atomic E-state index is -0.0845. The van der Waals surface area contributed by atoms with Gasteiger partial charge in [-0.1, -0.05) is 27.7 Å². The van der Waals surface area contributed by atoms with Gasteiger partial charge in [-0.15, -0.1) is 0 Å². The van der Waals surface area contributed by atoms with Crippen LogP contribution in [-0.4, -0.2) is 10.2 Å². The lowest BCUT2D eigenvalue weighted by atomic mass is 10.1. The van der Waals surface area contributed by atoms with Crippen LogP contribution in [0.25, 0.3) is 10.9 Å². The maximum absolute atomic E-state index is 9.69. The van der Waals surface area contributed by atoms with Crippen molar-refractivity contribution in [2.24, 2.45) is 7.05 Å². The van der Waals surface area contributed by atoms with Crippen LogP contribution in [0, 0.1) is 6.92 Å². The Hall–Kier alpha value is -1.77. The summed E-state index contributed by atoms with van der Waals surface area (Å²) < 4.78 is 1.85. The van der Waals surface area contributed by atoms with E-state index < -0.39 is 0 Å². The Morgan fingerprint density at radius 1 is 0.889 bits per heavy atom. The molecule has 0 aliphatic rings. The predicted molar refractivity (Wildman–Crippen MR) is 75.9 cm³/mol. The van der Waals surface area contributed by atoms with E-state index in [1.54, 1.807) is 6.07 Å². The highest BCUT2D eigenvalue weighted by atomic mass is 16.3. The number of phenolic OH excluding ortho intramolecular Hbond substituents is 2. The second kappa shape index (κ2) is 7.54. The molecule has 2 aromatic rings. The lowest BCUT2D eigenvalue weighted by Gasteiger charge is -2.02. The smallest absolute Gasteiger partial charge is 0.258 e. The van der Waals surface area contributed by atoms with Crippen LogP contribution >= 0.6 is 0 Å². The maximum atomic E-state index is 9.69. The van der Waals surface area contributed by atoms with E-state index in [2.05, 4.69) is 0 Å². The SMILES string of the molecule is CC.CC.Cc1ccc2ccc(O)c(O)c2[n+]1C. The number of benzene rings is 1. The zero-order valence-corrected chi connectivity index (χ0v) is 12.2. The first-order chi connectivity index (χ1) is 8.61. The normalized spacial score (nSPS) is 9.00. The third kappa shape index (κ3) is 3.13. The highest BCUT2D eigenvalue weighted by Gasteiger charge is 2.15. The summed E-state index contributed by atoms with van der Waals surface area (Å²) in [5.74, 6) is -0.146. The van der Waals surface area contributed by atoms with Gasteiger partial charge in [0.25, 0.3) is 5.52 Å². The van der Waals surface area contributed by atoms with Crippen molar-refractivity contribution in [1.29, 1.82) is 0 Å². The molecule has 1 aromatic carbocycles. The van der Waals surface area contributed by atoms with Gasteiger partial charge in [-0.05, 0) is 18.2 Å². The van der Waals surface area contributed by atoms with Crippen molar-refractivity contribution in [1.82, 2.24) is 0 Å². The monoisotopic (exact) mass is 250 g/mol. The van der Waals surface area contributed by atoms with E-state index in [0.717, 1.165) is 11.1 Å². The molecule has 0 saturated carbocycles. The third-order valence-electron chi connectivity index (χ3n) is 2.53. The number of aromatic nitrogens is 1. The van der Waals surface area contributed by atoms with Crippen molar-refractivity contribution in [3.05, 3.63) is 30.0 Å². The van der Waals surface area contributed by atoms with Gasteiger partial charge in [0.15, 0.2) is 11.4 Å². The second-order valence-corrected chi connectivity index (χ2v) is 3.40. The molecule has 0 saturated heterocycles. The highest BCUT2D eigenvalue weighted by molar-refractivity contribution is 5.83. The van der Waals surface area contributed by atoms with Crippen LogP contribution in [-0.2, 0) is 7.05 Å². The van der Waals surface area contributed by atoms with Gasteiger partial charge >= 0.3 is 0 Å². The Bertz CT molecular complexity index is 465. The number of fused-ring (bicyclic) bond motifs is 1. The number of phenols is 2. The molecule has 0 atom stereocenters. The molecule has 1 aromatic heterocycles. The van der Waals surface area contributed by atoms with Crippen LogP contribution in [0.4, 0.5) is 0 Å². The van der Waals surface area contributed by atoms with E-state index in [1.165, 1.54) is 6.07 Å². The zero-order valence-electron chi connectivity index (χ0n) is 12.2. The Labute approximate surface area is 109 Å². The fraction of sp³-hybridized carbons (Fsp3) is 0.400. The Balaban J connectivity index is 0.000000659. The summed E-state index contributed by atoms with van der Waals surface area (Å²) in [6, 6.07) is 7.17. The first-order valence-corrected chi connectivity index (χ1v) is 6.41. The summed E-state index contributed by atoms with van der Waals surface area (Å²) in [7, 11) is 1.86. The number of nitrogens with zero attached hydrogens (tertiary/aromatic N) is 1. The fourth-order valence-corrected chi connectivity index (χ4v) is 1.57. The zero-order chi connectivity index (χ0) is 14.3. The number of hydrogen-bond acceptors (Lipinski definition) is 2. The van der Waals surface area contributed by atoms with Gasteiger partial charge < -0.3 is 10.2 Å². The van der Waals surface area contributed by atoms with Crippen LogP contribution in [0.3, 0.4) is 0 Å². The summed E-state index contributed by atoms with van der Waals surface area (Å²) in [5, 5.41) is 20.0. The summed E-state index contributed by atoms with van der Waals surface area (Å²) >= 11 is 0. The van der Waals surface area contributed by atoms with Gasteiger partial charge in [0.2, 0.25) is 5.75 Å². The molecule has 0 bridgehead atoms. The van der Waals surface area contributed by atoms with Crippen LogP contribution in [0.5, 0.6) is 11.5 Å². The molecule has 0 radical (unpaired) electrons. The topological polar surface area (TPSA) is 44.3 Å². The quantitative estimate of drug-likeness (QED) is 0.555. The molecule has 0 unspecified atom stereocenters. The molecule has 0 amide bonds. The standard InChI is InChI=1S/C11H11NO2.2C2H6/c1-7-3-4-8-5-6-9(13)11(14)10(8)12(7)2;2*1-2/h3-6,14H,1-2H3;2*1-2H3/p+1. The van der Waals surface area contributed by atoms with Gasteiger partial charge in [-0.2, -0.15) is 4.57 Å². The van der Waals surface area contributed by atoms with Crippen molar-refractivity contribution in [3.63, 3.8) is 0 Å². The number of pyridine rings is 1. The van der Waals surface area contributed by atoms with E-state index in [9.17, 15) is 10.2 Å². The second-order valence-electron chi connectivity index (χ2n) is 3.40. The van der Waals surface area contributed by atoms with Crippen molar-refractivity contribution in [2.75, 3.05) is 0 Å². The van der Waals surface area contributed by atoms with Crippen molar-refractivity contribution in [3.8, 4) is 11.5 Å². The van der Waals surface area contributed by atoms with Gasteiger partial charge in [-0.25, -0.2) is 0 Å². The van der Waals surface area contributed by atoms with Crippen LogP contribution in [0.2, 0.25) is 0 Å². The number of rotatable bonds is 0. The molecular weight excluding hydrogens is 226 g/mol. The average molecular weight is 250 g/mol. The summed E-state index contributed by atoms with van der Waals surface area (Å²) in [4.78, 5) is 0. The first-order valence-electron chi connectivity index (χ1n) is 6.41. The Kier molecular flexibility index (Phi) is 6.79. The molecule has 0 spiro atoms. The molecule has 0 fully saturated rings. The van der Waals surface area contributed by atoms with E-state index in [-0.39, 0.29) is 11.5 Å². The average Bonchev–Trinajstić information content (AvgIpc) is 2.42. The number of aryl methyl sites for hydroxylation is 2. The van der Waals surface area contributed by atoms with Crippen molar-refractivity contribution in [2.45, 2.75) is 34.6 Å².